The molecule has 0 fully saturated rings. The molecule has 0 saturated heterocycles. The highest BCUT2D eigenvalue weighted by Gasteiger charge is 2.08. The van der Waals surface area contributed by atoms with Crippen molar-refractivity contribution in [3.8, 4) is 0 Å². The van der Waals surface area contributed by atoms with Crippen molar-refractivity contribution in [2.24, 2.45) is 0 Å². The van der Waals surface area contributed by atoms with E-state index in [9.17, 15) is 0 Å². The van der Waals surface area contributed by atoms with Gasteiger partial charge in [0.2, 0.25) is 0 Å². The molecule has 0 aliphatic carbocycles. The Bertz CT molecular complexity index is 679. The Morgan fingerprint density at radius 1 is 0.895 bits per heavy atom. The van der Waals surface area contributed by atoms with Crippen molar-refractivity contribution in [1.29, 1.82) is 0 Å². The highest BCUT2D eigenvalue weighted by molar-refractivity contribution is 6.20. The molecule has 0 saturated carbocycles. The summed E-state index contributed by atoms with van der Waals surface area (Å²) in [5.74, 6) is 0. The van der Waals surface area contributed by atoms with Crippen molar-refractivity contribution in [3.63, 3.8) is 0 Å². The summed E-state index contributed by atoms with van der Waals surface area (Å²) in [5, 5.41) is 2.52. The number of alkyl halides is 1. The van der Waals surface area contributed by atoms with Gasteiger partial charge in [0.25, 0.3) is 0 Å². The van der Waals surface area contributed by atoms with Gasteiger partial charge in [-0.05, 0) is 40.5 Å². The minimum Gasteiger partial charge on any atom is -0.265 e. The molecule has 0 aliphatic rings. The molecule has 0 spiro atoms. The summed E-state index contributed by atoms with van der Waals surface area (Å²) in [6, 6.07) is 18.8. The lowest BCUT2D eigenvalue weighted by Crippen LogP contribution is -1.96. The third-order valence-corrected chi connectivity index (χ3v) is 3.70. The maximum Gasteiger partial charge on any atom is 0.0626 e. The topological polar surface area (TPSA) is 12.9 Å². The number of hydrogen-bond acceptors (Lipinski definition) is 1. The number of nitrogens with zero attached hydrogens (tertiary/aromatic N) is 1. The molecule has 2 aromatic carbocycles. The lowest BCUT2D eigenvalue weighted by Gasteiger charge is -2.10. The molecule has 2 heteroatoms. The standard InChI is InChI=1S/C17H14ClN/c18-17(15-7-9-19-10-8-15)12-13-5-6-14-3-1-2-4-16(14)11-13/h1-11,17H,12H2. The van der Waals surface area contributed by atoms with Gasteiger partial charge in [-0.2, -0.15) is 0 Å². The summed E-state index contributed by atoms with van der Waals surface area (Å²) in [4.78, 5) is 4.02. The minimum atomic E-state index is -0.0100. The van der Waals surface area contributed by atoms with Gasteiger partial charge in [0.05, 0.1) is 5.38 Å². The number of pyridine rings is 1. The second kappa shape index (κ2) is 5.41. The molecule has 3 aromatic rings. The average Bonchev–Trinajstić information content (AvgIpc) is 2.48. The van der Waals surface area contributed by atoms with Crippen LogP contribution < -0.4 is 0 Å². The molecule has 1 unspecified atom stereocenters. The van der Waals surface area contributed by atoms with Gasteiger partial charge in [-0.3, -0.25) is 4.98 Å². The largest absolute Gasteiger partial charge is 0.265 e. The molecule has 19 heavy (non-hydrogen) atoms. The van der Waals surface area contributed by atoms with E-state index in [1.165, 1.54) is 16.3 Å². The number of hydrogen-bond donors (Lipinski definition) is 0. The zero-order chi connectivity index (χ0) is 13.1. The predicted molar refractivity (Wildman–Crippen MR) is 80.5 cm³/mol. The lowest BCUT2D eigenvalue weighted by atomic mass is 10.0. The lowest BCUT2D eigenvalue weighted by molar-refractivity contribution is 0.917. The Hall–Kier alpha value is -1.86. The van der Waals surface area contributed by atoms with E-state index in [2.05, 4.69) is 47.4 Å². The molecule has 0 aliphatic heterocycles. The summed E-state index contributed by atoms with van der Waals surface area (Å²) in [6.45, 7) is 0. The van der Waals surface area contributed by atoms with Gasteiger partial charge in [-0.15, -0.1) is 11.6 Å². The van der Waals surface area contributed by atoms with E-state index in [1.807, 2.05) is 12.1 Å². The first kappa shape index (κ1) is 12.2. The van der Waals surface area contributed by atoms with Gasteiger partial charge >= 0.3 is 0 Å². The molecule has 1 aromatic heterocycles. The quantitative estimate of drug-likeness (QED) is 0.624. The molecular formula is C17H14ClN. The molecule has 1 heterocycles. The normalized spacial score (nSPS) is 12.5. The summed E-state index contributed by atoms with van der Waals surface area (Å²) in [7, 11) is 0. The first-order chi connectivity index (χ1) is 9.33. The highest BCUT2D eigenvalue weighted by Crippen LogP contribution is 2.26. The van der Waals surface area contributed by atoms with E-state index in [-0.39, 0.29) is 5.38 Å². The Morgan fingerprint density at radius 2 is 1.63 bits per heavy atom. The van der Waals surface area contributed by atoms with Gasteiger partial charge < -0.3 is 0 Å². The van der Waals surface area contributed by atoms with Crippen LogP contribution in [0.15, 0.2) is 67.0 Å². The smallest absolute Gasteiger partial charge is 0.0626 e. The van der Waals surface area contributed by atoms with Crippen LogP contribution in [0.4, 0.5) is 0 Å². The Labute approximate surface area is 117 Å². The number of aromatic nitrogens is 1. The summed E-state index contributed by atoms with van der Waals surface area (Å²) in [6.07, 6.45) is 4.40. The van der Waals surface area contributed by atoms with Crippen molar-refractivity contribution in [2.45, 2.75) is 11.8 Å². The molecule has 3 rings (SSSR count). The summed E-state index contributed by atoms with van der Waals surface area (Å²) in [5.41, 5.74) is 2.38. The van der Waals surface area contributed by atoms with Crippen LogP contribution in [0, 0.1) is 0 Å². The Balaban J connectivity index is 1.85. The average molecular weight is 268 g/mol. The van der Waals surface area contributed by atoms with E-state index in [0.717, 1.165) is 12.0 Å². The maximum atomic E-state index is 6.46. The van der Waals surface area contributed by atoms with Crippen molar-refractivity contribution in [2.75, 3.05) is 0 Å². The van der Waals surface area contributed by atoms with Crippen LogP contribution in [0.5, 0.6) is 0 Å². The van der Waals surface area contributed by atoms with Crippen LogP contribution in [0.3, 0.4) is 0 Å². The van der Waals surface area contributed by atoms with E-state index >= 15 is 0 Å². The number of halogens is 1. The molecule has 0 radical (unpaired) electrons. The number of rotatable bonds is 3. The fourth-order valence-corrected chi connectivity index (χ4v) is 2.59. The van der Waals surface area contributed by atoms with Gasteiger partial charge in [0.15, 0.2) is 0 Å². The highest BCUT2D eigenvalue weighted by atomic mass is 35.5. The minimum absolute atomic E-state index is 0.0100. The third kappa shape index (κ3) is 2.77. The van der Waals surface area contributed by atoms with Crippen LogP contribution in [-0.4, -0.2) is 4.98 Å². The SMILES string of the molecule is ClC(Cc1ccc2ccccc2c1)c1ccncc1. The van der Waals surface area contributed by atoms with Gasteiger partial charge in [-0.25, -0.2) is 0 Å². The van der Waals surface area contributed by atoms with Crippen molar-refractivity contribution < 1.29 is 0 Å². The molecule has 0 N–H and O–H groups in total. The fourth-order valence-electron chi connectivity index (χ4n) is 2.26. The Kier molecular flexibility index (Phi) is 3.47. The second-order valence-electron chi connectivity index (χ2n) is 4.63. The Morgan fingerprint density at radius 3 is 2.42 bits per heavy atom. The van der Waals surface area contributed by atoms with Crippen molar-refractivity contribution >= 4 is 22.4 Å². The fraction of sp³-hybridized carbons (Fsp3) is 0.118. The van der Waals surface area contributed by atoms with Gasteiger partial charge in [0, 0.05) is 12.4 Å². The van der Waals surface area contributed by atoms with Crippen molar-refractivity contribution in [1.82, 2.24) is 4.98 Å². The third-order valence-electron chi connectivity index (χ3n) is 3.30. The van der Waals surface area contributed by atoms with Gasteiger partial charge in [0.1, 0.15) is 0 Å². The van der Waals surface area contributed by atoms with Crippen LogP contribution in [0.25, 0.3) is 10.8 Å². The summed E-state index contributed by atoms with van der Waals surface area (Å²) >= 11 is 6.46. The van der Waals surface area contributed by atoms with Crippen LogP contribution in [0.1, 0.15) is 16.5 Å². The molecule has 1 atom stereocenters. The molecule has 0 bridgehead atoms. The number of benzene rings is 2. The number of fused-ring (bicyclic) bond motifs is 1. The van der Waals surface area contributed by atoms with Crippen molar-refractivity contribution in [3.05, 3.63) is 78.1 Å². The zero-order valence-corrected chi connectivity index (χ0v) is 11.2. The van der Waals surface area contributed by atoms with E-state index in [1.54, 1.807) is 12.4 Å². The molecular weight excluding hydrogens is 254 g/mol. The van der Waals surface area contributed by atoms with Gasteiger partial charge in [-0.1, -0.05) is 42.5 Å². The monoisotopic (exact) mass is 267 g/mol. The first-order valence-electron chi connectivity index (χ1n) is 6.34. The molecule has 94 valence electrons. The maximum absolute atomic E-state index is 6.46. The van der Waals surface area contributed by atoms with Crippen LogP contribution in [0.2, 0.25) is 0 Å². The van der Waals surface area contributed by atoms with E-state index in [4.69, 9.17) is 11.6 Å². The molecule has 0 amide bonds. The van der Waals surface area contributed by atoms with E-state index < -0.39 is 0 Å². The van der Waals surface area contributed by atoms with Crippen LogP contribution >= 0.6 is 11.6 Å². The van der Waals surface area contributed by atoms with E-state index in [0.29, 0.717) is 0 Å². The summed E-state index contributed by atoms with van der Waals surface area (Å²) < 4.78 is 0. The molecule has 1 nitrogen and oxygen atoms in total. The first-order valence-corrected chi connectivity index (χ1v) is 6.78. The zero-order valence-electron chi connectivity index (χ0n) is 10.5. The van der Waals surface area contributed by atoms with Crippen LogP contribution in [-0.2, 0) is 6.42 Å². The second-order valence-corrected chi connectivity index (χ2v) is 5.16. The predicted octanol–water partition coefficient (Wildman–Crippen LogP) is 4.76.